The van der Waals surface area contributed by atoms with Crippen molar-refractivity contribution in [2.24, 2.45) is 4.99 Å². The van der Waals surface area contributed by atoms with E-state index in [4.69, 9.17) is 9.73 Å². The van der Waals surface area contributed by atoms with Crippen LogP contribution in [0.15, 0.2) is 4.99 Å². The molecular formula is C14H16N6OS. The summed E-state index contributed by atoms with van der Waals surface area (Å²) < 4.78 is 7.83. The summed E-state index contributed by atoms with van der Waals surface area (Å²) in [5.41, 5.74) is 2.45. The van der Waals surface area contributed by atoms with Crippen LogP contribution in [0.25, 0.3) is 5.00 Å². The predicted octanol–water partition coefficient (Wildman–Crippen LogP) is 1.55. The second-order valence-electron chi connectivity index (χ2n) is 6.51. The Hall–Kier alpha value is -1.80. The first-order valence-electron chi connectivity index (χ1n) is 7.54. The van der Waals surface area contributed by atoms with E-state index in [0.717, 1.165) is 42.7 Å². The summed E-state index contributed by atoms with van der Waals surface area (Å²) >= 11 is 1.73. The van der Waals surface area contributed by atoms with E-state index in [1.165, 1.54) is 16.0 Å². The molecular weight excluding hydrogens is 300 g/mol. The van der Waals surface area contributed by atoms with Crippen molar-refractivity contribution in [3.8, 4) is 5.00 Å². The molecule has 0 spiro atoms. The van der Waals surface area contributed by atoms with Gasteiger partial charge in [0.1, 0.15) is 10.8 Å². The zero-order chi connectivity index (χ0) is 14.9. The van der Waals surface area contributed by atoms with E-state index in [0.29, 0.717) is 6.61 Å². The van der Waals surface area contributed by atoms with Crippen LogP contribution in [0.1, 0.15) is 36.3 Å². The average Bonchev–Trinajstić information content (AvgIpc) is 3.10. The minimum atomic E-state index is -0.136. The van der Waals surface area contributed by atoms with Crippen molar-refractivity contribution in [3.05, 3.63) is 16.0 Å². The Balaban J connectivity index is 1.79. The topological polar surface area (TPSA) is 68.4 Å². The van der Waals surface area contributed by atoms with E-state index in [9.17, 15) is 0 Å². The highest BCUT2D eigenvalue weighted by Crippen LogP contribution is 2.43. The van der Waals surface area contributed by atoms with Crippen LogP contribution < -0.4 is 4.90 Å². The summed E-state index contributed by atoms with van der Waals surface area (Å²) in [6.45, 7) is 6.74. The maximum absolute atomic E-state index is 5.97. The molecule has 0 radical (unpaired) electrons. The van der Waals surface area contributed by atoms with Crippen LogP contribution in [0.5, 0.6) is 0 Å². The minimum Gasteiger partial charge on any atom is -0.370 e. The van der Waals surface area contributed by atoms with Crippen molar-refractivity contribution in [2.75, 3.05) is 18.0 Å². The van der Waals surface area contributed by atoms with E-state index in [1.54, 1.807) is 11.3 Å². The average molecular weight is 316 g/mol. The molecule has 0 amide bonds. The molecule has 0 bridgehead atoms. The number of aromatic nitrogens is 4. The van der Waals surface area contributed by atoms with Crippen LogP contribution >= 0.6 is 11.3 Å². The molecule has 3 aliphatic heterocycles. The molecule has 5 rings (SSSR count). The molecule has 8 heteroatoms. The zero-order valence-electron chi connectivity index (χ0n) is 12.5. The van der Waals surface area contributed by atoms with Crippen LogP contribution in [0.4, 0.5) is 5.95 Å². The summed E-state index contributed by atoms with van der Waals surface area (Å²) in [7, 11) is 0. The lowest BCUT2D eigenvalue weighted by atomic mass is 9.92. The van der Waals surface area contributed by atoms with Crippen molar-refractivity contribution < 1.29 is 4.74 Å². The molecule has 0 aliphatic carbocycles. The van der Waals surface area contributed by atoms with Gasteiger partial charge in [0, 0.05) is 24.4 Å². The van der Waals surface area contributed by atoms with Gasteiger partial charge in [0.05, 0.1) is 17.8 Å². The molecule has 0 fully saturated rings. The molecule has 0 atom stereocenters. The smallest absolute Gasteiger partial charge is 0.256 e. The Morgan fingerprint density at radius 1 is 1.32 bits per heavy atom. The molecule has 0 aromatic carbocycles. The highest BCUT2D eigenvalue weighted by molar-refractivity contribution is 7.15. The fourth-order valence-electron chi connectivity index (χ4n) is 3.41. The Labute approximate surface area is 131 Å². The maximum atomic E-state index is 5.97. The van der Waals surface area contributed by atoms with Crippen LogP contribution in [-0.4, -0.2) is 44.7 Å². The Morgan fingerprint density at radius 3 is 3.14 bits per heavy atom. The largest absolute Gasteiger partial charge is 0.370 e. The number of amidine groups is 1. The first-order chi connectivity index (χ1) is 10.6. The quantitative estimate of drug-likeness (QED) is 0.737. The molecule has 7 nitrogen and oxygen atoms in total. The van der Waals surface area contributed by atoms with Crippen LogP contribution in [-0.2, 0) is 17.8 Å². The van der Waals surface area contributed by atoms with Crippen molar-refractivity contribution in [2.45, 2.75) is 38.9 Å². The number of anilines is 1. The molecule has 3 aliphatic rings. The first kappa shape index (κ1) is 12.7. The summed E-state index contributed by atoms with van der Waals surface area (Å²) in [5, 5.41) is 13.4. The van der Waals surface area contributed by atoms with Crippen molar-refractivity contribution in [3.63, 3.8) is 0 Å². The van der Waals surface area contributed by atoms with Gasteiger partial charge in [-0.15, -0.1) is 11.3 Å². The van der Waals surface area contributed by atoms with Crippen LogP contribution in [0, 0.1) is 0 Å². The third kappa shape index (κ3) is 1.59. The lowest BCUT2D eigenvalue weighted by Gasteiger charge is -2.34. The number of nitrogens with zero attached hydrogens (tertiary/aromatic N) is 6. The van der Waals surface area contributed by atoms with E-state index in [1.807, 2.05) is 4.68 Å². The fraction of sp³-hybridized carbons (Fsp3) is 0.571. The molecule has 0 saturated carbocycles. The van der Waals surface area contributed by atoms with Crippen LogP contribution in [0.2, 0.25) is 0 Å². The van der Waals surface area contributed by atoms with Crippen molar-refractivity contribution >= 4 is 23.1 Å². The van der Waals surface area contributed by atoms with Gasteiger partial charge in [-0.2, -0.15) is 4.68 Å². The summed E-state index contributed by atoms with van der Waals surface area (Å²) in [6.07, 6.45) is 1.94. The molecule has 0 saturated heterocycles. The molecule has 2 aromatic rings. The summed E-state index contributed by atoms with van der Waals surface area (Å²) in [5.74, 6) is 1.82. The van der Waals surface area contributed by atoms with Gasteiger partial charge in [-0.3, -0.25) is 9.89 Å². The Bertz CT molecular complexity index is 804. The predicted molar refractivity (Wildman–Crippen MR) is 83.0 cm³/mol. The van der Waals surface area contributed by atoms with E-state index < -0.39 is 0 Å². The lowest BCUT2D eigenvalue weighted by Crippen LogP contribution is -2.42. The van der Waals surface area contributed by atoms with Crippen LogP contribution in [0.3, 0.4) is 0 Å². The van der Waals surface area contributed by atoms with Gasteiger partial charge in [0.15, 0.2) is 0 Å². The number of aliphatic imine (C=N–C) groups is 1. The number of hydrogen-bond donors (Lipinski definition) is 0. The van der Waals surface area contributed by atoms with E-state index in [-0.39, 0.29) is 5.60 Å². The molecule has 2 aromatic heterocycles. The third-order valence-electron chi connectivity index (χ3n) is 4.44. The first-order valence-corrected chi connectivity index (χ1v) is 8.35. The molecule has 114 valence electrons. The number of tetrazole rings is 1. The Morgan fingerprint density at radius 2 is 2.23 bits per heavy atom. The van der Waals surface area contributed by atoms with Gasteiger partial charge < -0.3 is 4.74 Å². The minimum absolute atomic E-state index is 0.136. The number of fused-ring (bicyclic) bond motifs is 8. The highest BCUT2D eigenvalue weighted by atomic mass is 32.1. The zero-order valence-corrected chi connectivity index (χ0v) is 13.4. The van der Waals surface area contributed by atoms with Gasteiger partial charge in [-0.1, -0.05) is 5.10 Å². The van der Waals surface area contributed by atoms with Gasteiger partial charge in [-0.05, 0) is 36.3 Å². The molecule has 22 heavy (non-hydrogen) atoms. The van der Waals surface area contributed by atoms with Gasteiger partial charge in [0.2, 0.25) is 0 Å². The Kier molecular flexibility index (Phi) is 2.39. The van der Waals surface area contributed by atoms with Gasteiger partial charge >= 0.3 is 0 Å². The molecule has 5 heterocycles. The van der Waals surface area contributed by atoms with E-state index >= 15 is 0 Å². The monoisotopic (exact) mass is 316 g/mol. The fourth-order valence-corrected chi connectivity index (χ4v) is 4.58. The SMILES string of the molecule is CC1(C)Cc2c(sc3c2C2=NCCCN2c2nnnn2-3)CO1. The van der Waals surface area contributed by atoms with Crippen molar-refractivity contribution in [1.29, 1.82) is 0 Å². The highest BCUT2D eigenvalue weighted by Gasteiger charge is 2.39. The molecule has 0 unspecified atom stereocenters. The number of hydrogen-bond acceptors (Lipinski definition) is 7. The summed E-state index contributed by atoms with van der Waals surface area (Å²) in [4.78, 5) is 8.23. The summed E-state index contributed by atoms with van der Waals surface area (Å²) in [6, 6.07) is 0. The van der Waals surface area contributed by atoms with E-state index in [2.05, 4.69) is 34.3 Å². The standard InChI is InChI=1S/C14H16N6OS/c1-14(2)6-8-9(7-21-14)22-12-10(8)11-15-4-3-5-19(11)13-16-17-18-20(12)13/h3-7H2,1-2H3. The number of rotatable bonds is 0. The maximum Gasteiger partial charge on any atom is 0.256 e. The number of thiophene rings is 1. The van der Waals surface area contributed by atoms with Crippen molar-refractivity contribution in [1.82, 2.24) is 20.2 Å². The van der Waals surface area contributed by atoms with Gasteiger partial charge in [-0.25, -0.2) is 0 Å². The molecule has 0 N–H and O–H groups in total. The van der Waals surface area contributed by atoms with Gasteiger partial charge in [0.25, 0.3) is 5.95 Å². The second-order valence-corrected chi connectivity index (χ2v) is 7.59. The second kappa shape index (κ2) is 4.14. The normalized spacial score (nSPS) is 21.5. The third-order valence-corrected chi connectivity index (χ3v) is 5.62. The lowest BCUT2D eigenvalue weighted by molar-refractivity contribution is -0.0383. The number of ether oxygens (including phenoxy) is 1.